The lowest BCUT2D eigenvalue weighted by atomic mass is 9.98. The molecule has 0 saturated carbocycles. The minimum absolute atomic E-state index is 0.0455. The first-order chi connectivity index (χ1) is 11.1. The van der Waals surface area contributed by atoms with Gasteiger partial charge in [-0.1, -0.05) is 54.6 Å². The van der Waals surface area contributed by atoms with Crippen LogP contribution < -0.4 is 0 Å². The summed E-state index contributed by atoms with van der Waals surface area (Å²) in [4.78, 5) is 0. The predicted molar refractivity (Wildman–Crippen MR) is 84.0 cm³/mol. The van der Waals surface area contributed by atoms with Crippen LogP contribution in [0, 0.1) is 11.6 Å². The van der Waals surface area contributed by atoms with Crippen LogP contribution in [0.2, 0.25) is 0 Å². The summed E-state index contributed by atoms with van der Waals surface area (Å²) >= 11 is 0. The maximum atomic E-state index is 13.8. The van der Waals surface area contributed by atoms with E-state index in [0.29, 0.717) is 18.5 Å². The Labute approximate surface area is 133 Å². The second kappa shape index (κ2) is 6.69. The molecule has 5 heteroatoms. The zero-order chi connectivity index (χ0) is 16.2. The summed E-state index contributed by atoms with van der Waals surface area (Å²) < 4.78 is 28.8. The minimum atomic E-state index is -0.817. The molecule has 3 aromatic rings. The molecule has 0 bridgehead atoms. The second-order valence-corrected chi connectivity index (χ2v) is 5.64. The highest BCUT2D eigenvalue weighted by Gasteiger charge is 2.15. The first-order valence-corrected chi connectivity index (χ1v) is 7.50. The van der Waals surface area contributed by atoms with Crippen molar-refractivity contribution in [3.63, 3.8) is 0 Å². The number of benzene rings is 2. The Morgan fingerprint density at radius 3 is 2.61 bits per heavy atom. The third-order valence-corrected chi connectivity index (χ3v) is 3.81. The lowest BCUT2D eigenvalue weighted by molar-refractivity contribution is 0.494. The molecular weight excluding hydrogens is 296 g/mol. The fourth-order valence-electron chi connectivity index (χ4n) is 2.53. The largest absolute Gasteiger partial charge is 0.248 e. The van der Waals surface area contributed by atoms with Gasteiger partial charge in [0.05, 0.1) is 12.2 Å². The van der Waals surface area contributed by atoms with Crippen LogP contribution in [0.15, 0.2) is 54.7 Å². The monoisotopic (exact) mass is 313 g/mol. The lowest BCUT2D eigenvalue weighted by Gasteiger charge is -2.09. The Morgan fingerprint density at radius 1 is 1.04 bits per heavy atom. The molecule has 0 radical (unpaired) electrons. The van der Waals surface area contributed by atoms with E-state index in [1.54, 1.807) is 10.7 Å². The van der Waals surface area contributed by atoms with Crippen molar-refractivity contribution in [2.45, 2.75) is 25.8 Å². The average Bonchev–Trinajstić information content (AvgIpc) is 3.01. The van der Waals surface area contributed by atoms with Gasteiger partial charge in [0.15, 0.2) is 11.6 Å². The van der Waals surface area contributed by atoms with E-state index in [1.807, 2.05) is 43.5 Å². The van der Waals surface area contributed by atoms with Crippen LogP contribution in [0.5, 0.6) is 0 Å². The molecule has 3 nitrogen and oxygen atoms in total. The molecule has 3 rings (SSSR count). The van der Waals surface area contributed by atoms with Gasteiger partial charge >= 0.3 is 0 Å². The van der Waals surface area contributed by atoms with Crippen LogP contribution in [0.25, 0.3) is 0 Å². The van der Waals surface area contributed by atoms with Gasteiger partial charge in [0.1, 0.15) is 0 Å². The molecule has 1 atom stereocenters. The number of nitrogens with zero attached hydrogens (tertiary/aromatic N) is 3. The highest BCUT2D eigenvalue weighted by molar-refractivity contribution is 5.22. The number of halogens is 2. The molecule has 0 N–H and O–H groups in total. The van der Waals surface area contributed by atoms with E-state index in [4.69, 9.17) is 0 Å². The van der Waals surface area contributed by atoms with Crippen LogP contribution >= 0.6 is 0 Å². The van der Waals surface area contributed by atoms with Crippen LogP contribution in [0.1, 0.15) is 29.7 Å². The Balaban J connectivity index is 1.71. The average molecular weight is 313 g/mol. The number of rotatable bonds is 5. The number of aromatic nitrogens is 3. The molecule has 0 spiro atoms. The highest BCUT2D eigenvalue weighted by atomic mass is 19.2. The van der Waals surface area contributed by atoms with Gasteiger partial charge < -0.3 is 0 Å². The molecule has 1 unspecified atom stereocenters. The first kappa shape index (κ1) is 15.3. The summed E-state index contributed by atoms with van der Waals surface area (Å²) in [6, 6.07) is 14.2. The molecule has 0 aliphatic rings. The van der Waals surface area contributed by atoms with E-state index in [0.717, 1.165) is 17.3 Å². The van der Waals surface area contributed by atoms with E-state index in [-0.39, 0.29) is 5.92 Å². The SMILES string of the molecule is CC(Cc1cccc(F)c1F)c1cn(Cc2ccccc2)nn1. The molecule has 2 aromatic carbocycles. The molecule has 0 amide bonds. The van der Waals surface area contributed by atoms with Gasteiger partial charge in [-0.05, 0) is 23.6 Å². The zero-order valence-electron chi connectivity index (χ0n) is 12.8. The Hall–Kier alpha value is -2.56. The summed E-state index contributed by atoms with van der Waals surface area (Å²) in [5.41, 5.74) is 2.26. The summed E-state index contributed by atoms with van der Waals surface area (Å²) in [5, 5.41) is 8.27. The van der Waals surface area contributed by atoms with E-state index < -0.39 is 11.6 Å². The Kier molecular flexibility index (Phi) is 4.46. The van der Waals surface area contributed by atoms with Gasteiger partial charge in [0, 0.05) is 12.1 Å². The standard InChI is InChI=1S/C18H17F2N3/c1-13(10-15-8-5-9-16(19)18(15)20)17-12-23(22-21-17)11-14-6-3-2-4-7-14/h2-9,12-13H,10-11H2,1H3. The third kappa shape index (κ3) is 3.62. The van der Waals surface area contributed by atoms with Crippen LogP contribution in [-0.4, -0.2) is 15.0 Å². The van der Waals surface area contributed by atoms with Crippen LogP contribution in [0.4, 0.5) is 8.78 Å². The van der Waals surface area contributed by atoms with Crippen molar-refractivity contribution < 1.29 is 8.78 Å². The van der Waals surface area contributed by atoms with E-state index in [1.165, 1.54) is 6.07 Å². The van der Waals surface area contributed by atoms with Gasteiger partial charge in [-0.2, -0.15) is 0 Å². The van der Waals surface area contributed by atoms with Crippen molar-refractivity contribution in [3.8, 4) is 0 Å². The zero-order valence-corrected chi connectivity index (χ0v) is 12.8. The van der Waals surface area contributed by atoms with Gasteiger partial charge in [0.25, 0.3) is 0 Å². The molecule has 1 aromatic heterocycles. The maximum absolute atomic E-state index is 13.8. The van der Waals surface area contributed by atoms with Crippen molar-refractivity contribution >= 4 is 0 Å². The molecule has 0 aliphatic heterocycles. The second-order valence-electron chi connectivity index (χ2n) is 5.64. The van der Waals surface area contributed by atoms with Gasteiger partial charge in [-0.15, -0.1) is 5.10 Å². The van der Waals surface area contributed by atoms with Crippen LogP contribution in [0.3, 0.4) is 0 Å². The maximum Gasteiger partial charge on any atom is 0.162 e. The van der Waals surface area contributed by atoms with Crippen molar-refractivity contribution in [2.75, 3.05) is 0 Å². The van der Waals surface area contributed by atoms with Gasteiger partial charge in [0.2, 0.25) is 0 Å². The molecule has 23 heavy (non-hydrogen) atoms. The fraction of sp³-hybridized carbons (Fsp3) is 0.222. The summed E-state index contributed by atoms with van der Waals surface area (Å²) in [6.07, 6.45) is 2.24. The fourth-order valence-corrected chi connectivity index (χ4v) is 2.53. The van der Waals surface area contributed by atoms with E-state index in [2.05, 4.69) is 10.3 Å². The normalized spacial score (nSPS) is 12.3. The van der Waals surface area contributed by atoms with Crippen molar-refractivity contribution in [3.05, 3.63) is 83.2 Å². The topological polar surface area (TPSA) is 30.7 Å². The first-order valence-electron chi connectivity index (χ1n) is 7.50. The quantitative estimate of drug-likeness (QED) is 0.714. The van der Waals surface area contributed by atoms with Crippen LogP contribution in [-0.2, 0) is 13.0 Å². The van der Waals surface area contributed by atoms with Gasteiger partial charge in [-0.25, -0.2) is 13.5 Å². The molecule has 1 heterocycles. The molecular formula is C18H17F2N3. The van der Waals surface area contributed by atoms with E-state index >= 15 is 0 Å². The Morgan fingerprint density at radius 2 is 1.83 bits per heavy atom. The van der Waals surface area contributed by atoms with E-state index in [9.17, 15) is 8.78 Å². The molecule has 0 fully saturated rings. The van der Waals surface area contributed by atoms with Crippen molar-refractivity contribution in [1.82, 2.24) is 15.0 Å². The van der Waals surface area contributed by atoms with Crippen molar-refractivity contribution in [1.29, 1.82) is 0 Å². The Bertz CT molecular complexity index is 784. The summed E-state index contributed by atoms with van der Waals surface area (Å²) in [6.45, 7) is 2.57. The lowest BCUT2D eigenvalue weighted by Crippen LogP contribution is -2.03. The molecule has 0 aliphatic carbocycles. The predicted octanol–water partition coefficient (Wildman–Crippen LogP) is 3.95. The number of hydrogen-bond acceptors (Lipinski definition) is 2. The highest BCUT2D eigenvalue weighted by Crippen LogP contribution is 2.21. The summed E-state index contributed by atoms with van der Waals surface area (Å²) in [7, 11) is 0. The minimum Gasteiger partial charge on any atom is -0.248 e. The van der Waals surface area contributed by atoms with Crippen molar-refractivity contribution in [2.24, 2.45) is 0 Å². The smallest absolute Gasteiger partial charge is 0.162 e. The molecule has 118 valence electrons. The summed E-state index contributed by atoms with van der Waals surface area (Å²) in [5.74, 6) is -1.64. The molecule has 0 saturated heterocycles. The third-order valence-electron chi connectivity index (χ3n) is 3.81. The van der Waals surface area contributed by atoms with Gasteiger partial charge in [-0.3, -0.25) is 0 Å². The number of hydrogen-bond donors (Lipinski definition) is 0.